The molecule has 8 heteroatoms. The minimum Gasteiger partial charge on any atom is -0.392 e. The molecule has 5 aromatic carbocycles. The molecule has 3 unspecified atom stereocenters. The number of carbonyl (C=O) groups is 2. The number of hydrogen-bond donors (Lipinski definition) is 3. The summed E-state index contributed by atoms with van der Waals surface area (Å²) >= 11 is 0. The molecule has 3 N–H and O–H groups in total. The molecule has 1 aliphatic heterocycles. The zero-order valence-electron chi connectivity index (χ0n) is 31.7. The van der Waals surface area contributed by atoms with Crippen LogP contribution in [0.2, 0.25) is 0 Å². The minimum absolute atomic E-state index is 0.00191. The Hall–Kier alpha value is -5.12. The van der Waals surface area contributed by atoms with Crippen LogP contribution in [0.15, 0.2) is 133 Å². The number of nitrogens with one attached hydrogen (secondary N) is 2. The van der Waals surface area contributed by atoms with E-state index < -0.39 is 6.29 Å². The SMILES string of the molecule is CC(=O)NCCCCCC(=O)NCc1ccccc1-c1ccc(C2OC(CN(Cc3ccccc3)Cc3ccccc3)CC(c3ccc(CO)cc3)O2)cc1. The number of aliphatic hydroxyl groups is 1. The summed E-state index contributed by atoms with van der Waals surface area (Å²) in [7, 11) is 0. The lowest BCUT2D eigenvalue weighted by Crippen LogP contribution is -2.39. The largest absolute Gasteiger partial charge is 0.392 e. The Kier molecular flexibility index (Phi) is 14.8. The van der Waals surface area contributed by atoms with E-state index in [1.54, 1.807) is 0 Å². The third-order valence-corrected chi connectivity index (χ3v) is 10.0. The molecule has 0 bridgehead atoms. The quantitative estimate of drug-likeness (QED) is 0.0781. The highest BCUT2D eigenvalue weighted by atomic mass is 16.7. The molecule has 1 heterocycles. The lowest BCUT2D eigenvalue weighted by molar-refractivity contribution is -0.253. The van der Waals surface area contributed by atoms with Gasteiger partial charge in [0.2, 0.25) is 11.8 Å². The molecule has 0 saturated carbocycles. The first kappa shape index (κ1) is 39.6. The third kappa shape index (κ3) is 12.2. The van der Waals surface area contributed by atoms with Crippen LogP contribution in [0.25, 0.3) is 11.1 Å². The molecule has 0 aliphatic carbocycles. The smallest absolute Gasteiger partial charge is 0.220 e. The molecule has 0 aromatic heterocycles. The van der Waals surface area contributed by atoms with Crippen LogP contribution in [0, 0.1) is 0 Å². The van der Waals surface area contributed by atoms with Crippen LogP contribution in [0.5, 0.6) is 0 Å². The van der Waals surface area contributed by atoms with Crippen LogP contribution in [-0.4, -0.2) is 41.0 Å². The van der Waals surface area contributed by atoms with Crippen molar-refractivity contribution < 1.29 is 24.2 Å². The summed E-state index contributed by atoms with van der Waals surface area (Å²) in [6.07, 6.45) is 2.84. The molecule has 0 radical (unpaired) electrons. The molecule has 286 valence electrons. The Morgan fingerprint density at radius 2 is 1.33 bits per heavy atom. The predicted octanol–water partition coefficient (Wildman–Crippen LogP) is 8.41. The zero-order chi connectivity index (χ0) is 38.2. The molecule has 1 saturated heterocycles. The van der Waals surface area contributed by atoms with Gasteiger partial charge in [-0.25, -0.2) is 0 Å². The van der Waals surface area contributed by atoms with Crippen LogP contribution in [-0.2, 0) is 45.3 Å². The fraction of sp³-hybridized carbons (Fsp3) is 0.319. The lowest BCUT2D eigenvalue weighted by atomic mass is 9.97. The minimum atomic E-state index is -0.571. The van der Waals surface area contributed by atoms with Gasteiger partial charge < -0.3 is 25.2 Å². The average molecular weight is 740 g/mol. The number of benzene rings is 5. The summed E-state index contributed by atoms with van der Waals surface area (Å²) in [5.74, 6) is -0.000558. The molecule has 2 amide bonds. The number of amides is 2. The normalized spacial score (nSPS) is 16.8. The molecule has 6 rings (SSSR count). The highest BCUT2D eigenvalue weighted by Crippen LogP contribution is 2.39. The van der Waals surface area contributed by atoms with Gasteiger partial charge in [-0.2, -0.15) is 0 Å². The van der Waals surface area contributed by atoms with Crippen molar-refractivity contribution in [2.45, 2.75) is 83.8 Å². The van der Waals surface area contributed by atoms with Crippen molar-refractivity contribution in [1.29, 1.82) is 0 Å². The van der Waals surface area contributed by atoms with Crippen molar-refractivity contribution >= 4 is 11.8 Å². The summed E-state index contributed by atoms with van der Waals surface area (Å²) in [6, 6.07) is 45.7. The molecule has 1 aliphatic rings. The van der Waals surface area contributed by atoms with Gasteiger partial charge in [-0.05, 0) is 51.8 Å². The van der Waals surface area contributed by atoms with E-state index in [0.717, 1.165) is 72.3 Å². The van der Waals surface area contributed by atoms with Crippen molar-refractivity contribution in [3.05, 3.63) is 167 Å². The second-order valence-corrected chi connectivity index (χ2v) is 14.3. The standard InChI is InChI=1S/C47H53N3O5/c1-35(52)48-28-12-4-9-19-46(53)49-30-42-17-10-11-18-44(42)39-24-26-41(27-25-39)47-54-43(29-45(55-47)40-22-20-38(34-51)21-23-40)33-50(31-36-13-5-2-6-14-36)32-37-15-7-3-8-16-37/h2-3,5-8,10-11,13-18,20-27,43,45,47,51H,4,9,12,19,28-34H2,1H3,(H,48,52)(H,49,53). The van der Waals surface area contributed by atoms with E-state index in [9.17, 15) is 14.7 Å². The summed E-state index contributed by atoms with van der Waals surface area (Å²) in [5, 5.41) is 15.6. The van der Waals surface area contributed by atoms with Gasteiger partial charge in [-0.3, -0.25) is 14.5 Å². The van der Waals surface area contributed by atoms with Gasteiger partial charge in [0.15, 0.2) is 6.29 Å². The van der Waals surface area contributed by atoms with Gasteiger partial charge >= 0.3 is 0 Å². The molecule has 5 aromatic rings. The number of aliphatic hydroxyl groups excluding tert-OH is 1. The molecule has 55 heavy (non-hydrogen) atoms. The molecule has 3 atom stereocenters. The van der Waals surface area contributed by atoms with Gasteiger partial charge in [0.05, 0.1) is 18.8 Å². The topological polar surface area (TPSA) is 100 Å². The van der Waals surface area contributed by atoms with Crippen LogP contribution < -0.4 is 10.6 Å². The number of unbranched alkanes of at least 4 members (excludes halogenated alkanes) is 2. The summed E-state index contributed by atoms with van der Waals surface area (Å²) in [5.41, 5.74) is 8.53. The summed E-state index contributed by atoms with van der Waals surface area (Å²) < 4.78 is 13.5. The zero-order valence-corrected chi connectivity index (χ0v) is 31.7. The van der Waals surface area contributed by atoms with E-state index in [1.165, 1.54) is 18.1 Å². The van der Waals surface area contributed by atoms with Gasteiger partial charge in [0.25, 0.3) is 0 Å². The van der Waals surface area contributed by atoms with Crippen molar-refractivity contribution in [3.63, 3.8) is 0 Å². The second kappa shape index (κ2) is 20.5. The second-order valence-electron chi connectivity index (χ2n) is 14.3. The Morgan fingerprint density at radius 1 is 0.691 bits per heavy atom. The van der Waals surface area contributed by atoms with E-state index in [-0.39, 0.29) is 30.6 Å². The molecule has 0 spiro atoms. The predicted molar refractivity (Wildman–Crippen MR) is 216 cm³/mol. The van der Waals surface area contributed by atoms with Crippen LogP contribution >= 0.6 is 0 Å². The number of ether oxygens (including phenoxy) is 2. The maximum atomic E-state index is 12.6. The molecular formula is C47H53N3O5. The Balaban J connectivity index is 1.15. The third-order valence-electron chi connectivity index (χ3n) is 10.0. The van der Waals surface area contributed by atoms with E-state index in [1.807, 2.05) is 24.3 Å². The number of rotatable bonds is 18. The van der Waals surface area contributed by atoms with Gasteiger partial charge in [0.1, 0.15) is 0 Å². The van der Waals surface area contributed by atoms with Gasteiger partial charge in [-0.15, -0.1) is 0 Å². The summed E-state index contributed by atoms with van der Waals surface area (Å²) in [6.45, 7) is 4.92. The van der Waals surface area contributed by atoms with Crippen molar-refractivity contribution in [3.8, 4) is 11.1 Å². The van der Waals surface area contributed by atoms with Crippen LogP contribution in [0.4, 0.5) is 0 Å². The van der Waals surface area contributed by atoms with Gasteiger partial charge in [-0.1, -0.05) is 140 Å². The van der Waals surface area contributed by atoms with Crippen molar-refractivity contribution in [1.82, 2.24) is 15.5 Å². The number of carbonyl (C=O) groups excluding carboxylic acids is 2. The van der Waals surface area contributed by atoms with E-state index in [0.29, 0.717) is 25.9 Å². The maximum Gasteiger partial charge on any atom is 0.220 e. The number of hydrogen-bond acceptors (Lipinski definition) is 6. The molecular weight excluding hydrogens is 687 g/mol. The average Bonchev–Trinajstić information content (AvgIpc) is 3.22. The maximum absolute atomic E-state index is 12.6. The fourth-order valence-corrected chi connectivity index (χ4v) is 7.10. The highest BCUT2D eigenvalue weighted by molar-refractivity contribution is 5.76. The first-order chi connectivity index (χ1) is 26.9. The van der Waals surface area contributed by atoms with Crippen LogP contribution in [0.1, 0.15) is 84.8 Å². The van der Waals surface area contributed by atoms with E-state index >= 15 is 0 Å². The lowest BCUT2D eigenvalue weighted by Gasteiger charge is -2.38. The van der Waals surface area contributed by atoms with Crippen molar-refractivity contribution in [2.24, 2.45) is 0 Å². The number of nitrogens with zero attached hydrogens (tertiary/aromatic N) is 1. The Bertz CT molecular complexity index is 1880. The fourth-order valence-electron chi connectivity index (χ4n) is 7.10. The Labute approximate surface area is 325 Å². The molecule has 8 nitrogen and oxygen atoms in total. The van der Waals surface area contributed by atoms with Crippen molar-refractivity contribution in [2.75, 3.05) is 13.1 Å². The van der Waals surface area contributed by atoms with Gasteiger partial charge in [0, 0.05) is 58.1 Å². The van der Waals surface area contributed by atoms with Crippen LogP contribution in [0.3, 0.4) is 0 Å². The van der Waals surface area contributed by atoms with E-state index in [2.05, 4.69) is 125 Å². The monoisotopic (exact) mass is 739 g/mol. The Morgan fingerprint density at radius 3 is 1.98 bits per heavy atom. The first-order valence-corrected chi connectivity index (χ1v) is 19.4. The summed E-state index contributed by atoms with van der Waals surface area (Å²) in [4.78, 5) is 26.1. The first-order valence-electron chi connectivity index (χ1n) is 19.4. The van der Waals surface area contributed by atoms with E-state index in [4.69, 9.17) is 9.47 Å². The highest BCUT2D eigenvalue weighted by Gasteiger charge is 2.33. The molecule has 1 fully saturated rings.